The quantitative estimate of drug-likeness (QED) is 0.360. The molecule has 3 aromatic rings. The van der Waals surface area contributed by atoms with Crippen molar-refractivity contribution in [3.8, 4) is 5.75 Å². The molecule has 3 fully saturated rings. The van der Waals surface area contributed by atoms with Gasteiger partial charge in [-0.3, -0.25) is 0 Å². The Morgan fingerprint density at radius 1 is 1.11 bits per heavy atom. The zero-order chi connectivity index (χ0) is 25.8. The van der Waals surface area contributed by atoms with Crippen molar-refractivity contribution >= 4 is 0 Å². The highest BCUT2D eigenvalue weighted by molar-refractivity contribution is 5.44. The number of halogens is 4. The summed E-state index contributed by atoms with van der Waals surface area (Å²) in [7, 11) is 0. The van der Waals surface area contributed by atoms with E-state index >= 15 is 8.78 Å². The van der Waals surface area contributed by atoms with Crippen LogP contribution in [0.15, 0.2) is 48.8 Å². The maximum absolute atomic E-state index is 16.2. The van der Waals surface area contributed by atoms with Gasteiger partial charge in [-0.1, -0.05) is 12.1 Å². The van der Waals surface area contributed by atoms with Crippen molar-refractivity contribution in [2.24, 2.45) is 11.1 Å². The summed E-state index contributed by atoms with van der Waals surface area (Å²) in [5, 5.41) is 31.3. The molecule has 2 bridgehead atoms. The number of nitrogens with zero attached hydrogens (tertiary/aromatic N) is 4. The Morgan fingerprint density at radius 3 is 2.39 bits per heavy atom. The molecule has 36 heavy (non-hydrogen) atoms. The number of hydrogen-bond acceptors (Lipinski definition) is 7. The van der Waals surface area contributed by atoms with Gasteiger partial charge in [0.25, 0.3) is 5.92 Å². The SMILES string of the molecule is NC[C@@H](O)COc1ccc(C23CC(C(F)(F)C(O)(Cn4cnnn4)c4ccc(F)cc4F)(C2)C3)cc1. The van der Waals surface area contributed by atoms with Crippen LogP contribution in [0.1, 0.15) is 30.4 Å². The van der Waals surface area contributed by atoms with Crippen molar-refractivity contribution in [1.29, 1.82) is 0 Å². The minimum absolute atomic E-state index is 0.0378. The fraction of sp³-hybridized carbons (Fsp3) is 0.458. The largest absolute Gasteiger partial charge is 0.491 e. The summed E-state index contributed by atoms with van der Waals surface area (Å²) in [6.07, 6.45) is 0.504. The number of rotatable bonds is 10. The van der Waals surface area contributed by atoms with Crippen LogP contribution in [0.3, 0.4) is 0 Å². The summed E-state index contributed by atoms with van der Waals surface area (Å²) in [6, 6.07) is 9.12. The first-order valence-electron chi connectivity index (χ1n) is 11.4. The first kappa shape index (κ1) is 24.6. The van der Waals surface area contributed by atoms with E-state index in [-0.39, 0.29) is 32.4 Å². The summed E-state index contributed by atoms with van der Waals surface area (Å²) in [5.74, 6) is -5.49. The van der Waals surface area contributed by atoms with E-state index in [1.807, 2.05) is 0 Å². The number of aliphatic hydroxyl groups is 2. The van der Waals surface area contributed by atoms with Gasteiger partial charge in [-0.2, -0.15) is 0 Å². The molecule has 3 aliphatic rings. The van der Waals surface area contributed by atoms with Crippen molar-refractivity contribution in [1.82, 2.24) is 20.2 Å². The third-order valence-electron chi connectivity index (χ3n) is 7.56. The van der Waals surface area contributed by atoms with E-state index in [0.29, 0.717) is 11.8 Å². The van der Waals surface area contributed by atoms with Gasteiger partial charge in [-0.15, -0.1) is 5.10 Å². The van der Waals surface area contributed by atoms with E-state index in [1.165, 1.54) is 0 Å². The summed E-state index contributed by atoms with van der Waals surface area (Å²) in [4.78, 5) is 0. The fourth-order valence-corrected chi connectivity index (χ4v) is 5.70. The molecule has 1 aromatic heterocycles. The Balaban J connectivity index is 1.38. The topological polar surface area (TPSA) is 119 Å². The number of aromatic nitrogens is 4. The average Bonchev–Trinajstić information content (AvgIpc) is 3.29. The molecule has 4 N–H and O–H groups in total. The number of nitrogens with two attached hydrogens (primary N) is 1. The van der Waals surface area contributed by atoms with Crippen LogP contribution in [-0.2, 0) is 17.6 Å². The highest BCUT2D eigenvalue weighted by Gasteiger charge is 2.82. The molecule has 0 spiro atoms. The molecular formula is C24H25F4N5O3. The van der Waals surface area contributed by atoms with Crippen LogP contribution >= 0.6 is 0 Å². The lowest BCUT2D eigenvalue weighted by Crippen LogP contribution is -2.76. The van der Waals surface area contributed by atoms with Gasteiger partial charge in [0.05, 0.1) is 6.54 Å². The Morgan fingerprint density at radius 2 is 1.81 bits per heavy atom. The number of hydrogen-bond donors (Lipinski definition) is 3. The Kier molecular flexibility index (Phi) is 5.80. The smallest absolute Gasteiger partial charge is 0.287 e. The van der Waals surface area contributed by atoms with Gasteiger partial charge in [-0.25, -0.2) is 22.2 Å². The molecule has 8 nitrogen and oxygen atoms in total. The molecule has 1 unspecified atom stereocenters. The van der Waals surface area contributed by atoms with Gasteiger partial charge >= 0.3 is 0 Å². The third-order valence-corrected chi connectivity index (χ3v) is 7.56. The lowest BCUT2D eigenvalue weighted by molar-refractivity contribution is -0.347. The van der Waals surface area contributed by atoms with E-state index in [9.17, 15) is 19.0 Å². The first-order chi connectivity index (χ1) is 17.0. The molecule has 12 heteroatoms. The number of aliphatic hydroxyl groups excluding tert-OH is 1. The molecule has 2 aromatic carbocycles. The maximum atomic E-state index is 16.2. The van der Waals surface area contributed by atoms with Gasteiger partial charge < -0.3 is 20.7 Å². The van der Waals surface area contributed by atoms with Crippen LogP contribution < -0.4 is 10.5 Å². The highest BCUT2D eigenvalue weighted by Crippen LogP contribution is 2.80. The van der Waals surface area contributed by atoms with Crippen molar-refractivity contribution in [3.63, 3.8) is 0 Å². The normalized spacial score (nSPS) is 25.4. The van der Waals surface area contributed by atoms with Crippen LogP contribution in [0, 0.1) is 17.0 Å². The Bertz CT molecular complexity index is 1220. The number of alkyl halides is 2. The van der Waals surface area contributed by atoms with Crippen LogP contribution in [-0.4, -0.2) is 55.6 Å². The van der Waals surface area contributed by atoms with E-state index in [2.05, 4.69) is 15.5 Å². The zero-order valence-corrected chi connectivity index (χ0v) is 19.1. The molecule has 0 amide bonds. The van der Waals surface area contributed by atoms with Gasteiger partial charge in [0.15, 0.2) is 5.60 Å². The van der Waals surface area contributed by atoms with Crippen LogP contribution in [0.25, 0.3) is 0 Å². The zero-order valence-electron chi connectivity index (χ0n) is 19.1. The molecular weight excluding hydrogens is 482 g/mol. The number of benzene rings is 2. The van der Waals surface area contributed by atoms with Gasteiger partial charge in [-0.05, 0) is 64.9 Å². The molecule has 3 aliphatic carbocycles. The predicted octanol–water partition coefficient (Wildman–Crippen LogP) is 2.29. The molecule has 6 rings (SSSR count). The van der Waals surface area contributed by atoms with Gasteiger partial charge in [0, 0.05) is 23.6 Å². The minimum atomic E-state index is -3.78. The standard InChI is InChI=1S/C24H25F4N5O3/c25-16-3-6-19(20(26)7-16)23(35,13-33-14-30-31-32-33)24(27,28)22-10-21(11-22,12-22)15-1-4-18(5-2-15)36-9-17(34)8-29/h1-7,14,17,34-35H,8-13,29H2/t17-,21?,22?,23?/m1/s1. The monoisotopic (exact) mass is 507 g/mol. The lowest BCUT2D eigenvalue weighted by Gasteiger charge is -2.74. The molecule has 0 radical (unpaired) electrons. The van der Waals surface area contributed by atoms with E-state index < -0.39 is 52.2 Å². The van der Waals surface area contributed by atoms with E-state index in [0.717, 1.165) is 28.7 Å². The van der Waals surface area contributed by atoms with Crippen molar-refractivity contribution in [2.75, 3.05) is 13.2 Å². The predicted molar refractivity (Wildman–Crippen MR) is 118 cm³/mol. The summed E-state index contributed by atoms with van der Waals surface area (Å²) < 4.78 is 67.0. The van der Waals surface area contributed by atoms with Crippen molar-refractivity contribution < 1.29 is 32.5 Å². The van der Waals surface area contributed by atoms with Crippen LogP contribution in [0.4, 0.5) is 17.6 Å². The lowest BCUT2D eigenvalue weighted by atomic mass is 9.30. The molecule has 1 heterocycles. The second kappa shape index (κ2) is 8.49. The number of ether oxygens (including phenoxy) is 1. The summed E-state index contributed by atoms with van der Waals surface area (Å²) >= 11 is 0. The average molecular weight is 507 g/mol. The van der Waals surface area contributed by atoms with E-state index in [1.54, 1.807) is 24.3 Å². The van der Waals surface area contributed by atoms with E-state index in [4.69, 9.17) is 10.5 Å². The highest BCUT2D eigenvalue weighted by atomic mass is 19.3. The first-order valence-corrected chi connectivity index (χ1v) is 11.4. The van der Waals surface area contributed by atoms with Crippen molar-refractivity contribution in [3.05, 3.63) is 71.6 Å². The second-order valence-electron chi connectivity index (χ2n) is 9.88. The van der Waals surface area contributed by atoms with Crippen LogP contribution in [0.2, 0.25) is 0 Å². The molecule has 2 atom stereocenters. The number of tetrazole rings is 1. The summed E-state index contributed by atoms with van der Waals surface area (Å²) in [6.45, 7) is -0.708. The molecule has 192 valence electrons. The molecule has 0 saturated heterocycles. The summed E-state index contributed by atoms with van der Waals surface area (Å²) in [5.41, 5.74) is 0.409. The fourth-order valence-electron chi connectivity index (χ4n) is 5.70. The Labute approximate surface area is 203 Å². The van der Waals surface area contributed by atoms with Gasteiger partial charge in [0.2, 0.25) is 0 Å². The third kappa shape index (κ3) is 3.66. The molecule has 3 saturated carbocycles. The Hall–Kier alpha value is -3.09. The minimum Gasteiger partial charge on any atom is -0.491 e. The maximum Gasteiger partial charge on any atom is 0.287 e. The van der Waals surface area contributed by atoms with Crippen molar-refractivity contribution in [2.45, 2.75) is 48.8 Å². The molecule has 0 aliphatic heterocycles. The second-order valence-corrected chi connectivity index (χ2v) is 9.88. The van der Waals surface area contributed by atoms with Crippen LogP contribution in [0.5, 0.6) is 5.75 Å². The van der Waals surface area contributed by atoms with Gasteiger partial charge in [0.1, 0.15) is 36.4 Å².